The molecule has 62 heavy (non-hydrogen) atoms. The van der Waals surface area contributed by atoms with Crippen LogP contribution in [0.25, 0.3) is 0 Å². The molecule has 5 saturated heterocycles. The minimum atomic E-state index is -1.81. The first kappa shape index (κ1) is 46.2. The second kappa shape index (κ2) is 17.3. The first-order valence-corrected chi connectivity index (χ1v) is 23.5. The third-order valence-corrected chi connectivity index (χ3v) is 17.9. The van der Waals surface area contributed by atoms with E-state index in [0.29, 0.717) is 54.5 Å². The van der Waals surface area contributed by atoms with Gasteiger partial charge in [-0.3, -0.25) is 5.32 Å². The molecule has 0 aromatic heterocycles. The predicted molar refractivity (Wildman–Crippen MR) is 216 cm³/mol. The quantitative estimate of drug-likeness (QED) is 0.142. The van der Waals surface area contributed by atoms with Crippen LogP contribution in [0.1, 0.15) is 92.4 Å². The number of rotatable bonds is 8. The summed E-state index contributed by atoms with van der Waals surface area (Å²) in [6, 6.07) is 0. The number of hydrogen-bond acceptors (Lipinski definition) is 17. The van der Waals surface area contributed by atoms with E-state index < -0.39 is 105 Å². The molecule has 5 heterocycles. The van der Waals surface area contributed by atoms with E-state index in [1.54, 1.807) is 0 Å². The summed E-state index contributed by atoms with van der Waals surface area (Å²) in [7, 11) is 0. The topological polar surface area (TPSA) is 259 Å². The third-order valence-electron chi connectivity index (χ3n) is 17.9. The molecule has 26 unspecified atom stereocenters. The molecule has 9 rings (SSSR count). The second-order valence-corrected chi connectivity index (χ2v) is 21.2. The molecular formula is C45H73NO16. The van der Waals surface area contributed by atoms with Crippen molar-refractivity contribution in [3.05, 3.63) is 11.6 Å². The molecule has 26 atom stereocenters. The summed E-state index contributed by atoms with van der Waals surface area (Å²) in [5.74, 6) is 3.43. The molecule has 5 aliphatic heterocycles. The van der Waals surface area contributed by atoms with Crippen molar-refractivity contribution in [3.63, 3.8) is 0 Å². The monoisotopic (exact) mass is 883 g/mol. The highest BCUT2D eigenvalue weighted by atomic mass is 16.8. The van der Waals surface area contributed by atoms with Gasteiger partial charge in [-0.2, -0.15) is 0 Å². The minimum absolute atomic E-state index is 0.00160. The predicted octanol–water partition coefficient (Wildman–Crippen LogP) is -0.213. The normalized spacial score (nSPS) is 57.6. The van der Waals surface area contributed by atoms with Gasteiger partial charge in [0.2, 0.25) is 0 Å². The van der Waals surface area contributed by atoms with Crippen LogP contribution in [0.4, 0.5) is 0 Å². The Morgan fingerprint density at radius 1 is 0.694 bits per heavy atom. The molecule has 9 aliphatic rings. The van der Waals surface area contributed by atoms with Crippen molar-refractivity contribution >= 4 is 0 Å². The first-order chi connectivity index (χ1) is 29.4. The first-order valence-electron chi connectivity index (χ1n) is 23.5. The summed E-state index contributed by atoms with van der Waals surface area (Å²) in [6.45, 7) is 10.8. The molecule has 17 nitrogen and oxygen atoms in total. The van der Waals surface area contributed by atoms with Gasteiger partial charge in [-0.05, 0) is 105 Å². The van der Waals surface area contributed by atoms with Crippen LogP contribution in [0, 0.1) is 46.3 Å². The maximum absolute atomic E-state index is 11.8. The number of ether oxygens (including phenoxy) is 7. The number of nitrogens with one attached hydrogen (secondary N) is 1. The standard InChI is InChI=1S/C45H73NO16/c1-19-8-13-45(46-16-19)20(2)30-27(62-45)15-26-24-7-6-22-14-23(9-11-43(22,4)25(24)10-12-44(26,30)5)57-41-37(55)38(33(51)29(18-48)58-41)60-42-39(35(53)32(50)28(17-47)59-42)61-40-36(54)34(52)31(49)21(3)56-40/h6,19-21,23-42,46-55H,7-18H2,1-5H3. The van der Waals surface area contributed by atoms with Gasteiger partial charge < -0.3 is 79.1 Å². The lowest BCUT2D eigenvalue weighted by atomic mass is 9.47. The molecule has 0 aromatic carbocycles. The van der Waals surface area contributed by atoms with Gasteiger partial charge in [0.25, 0.3) is 0 Å². The van der Waals surface area contributed by atoms with Crippen LogP contribution in [0.2, 0.25) is 0 Å². The van der Waals surface area contributed by atoms with Gasteiger partial charge in [-0.25, -0.2) is 0 Å². The zero-order chi connectivity index (χ0) is 44.2. The van der Waals surface area contributed by atoms with Crippen LogP contribution in [0.5, 0.6) is 0 Å². The van der Waals surface area contributed by atoms with Gasteiger partial charge in [0, 0.05) is 12.5 Å². The van der Waals surface area contributed by atoms with Crippen LogP contribution in [-0.2, 0) is 33.2 Å². The average Bonchev–Trinajstić information content (AvgIpc) is 3.70. The van der Waals surface area contributed by atoms with Gasteiger partial charge in [-0.15, -0.1) is 0 Å². The molecule has 10 N–H and O–H groups in total. The summed E-state index contributed by atoms with van der Waals surface area (Å²) in [6.07, 6.45) is -11.8. The van der Waals surface area contributed by atoms with Crippen molar-refractivity contribution in [2.75, 3.05) is 19.8 Å². The summed E-state index contributed by atoms with van der Waals surface area (Å²) in [5, 5.41) is 100. The fourth-order valence-corrected chi connectivity index (χ4v) is 14.2. The Hall–Kier alpha value is -0.940. The number of fused-ring (bicyclic) bond motifs is 7. The Labute approximate surface area is 364 Å². The molecule has 1 spiro atoms. The Morgan fingerprint density at radius 2 is 1.39 bits per heavy atom. The molecule has 0 amide bonds. The lowest BCUT2D eigenvalue weighted by Gasteiger charge is -2.59. The molecule has 0 radical (unpaired) electrons. The van der Waals surface area contributed by atoms with E-state index in [1.165, 1.54) is 31.8 Å². The van der Waals surface area contributed by atoms with Crippen molar-refractivity contribution in [1.82, 2.24) is 5.32 Å². The van der Waals surface area contributed by atoms with E-state index in [0.717, 1.165) is 32.2 Å². The van der Waals surface area contributed by atoms with Crippen molar-refractivity contribution in [2.24, 2.45) is 46.3 Å². The maximum Gasteiger partial charge on any atom is 0.187 e. The lowest BCUT2D eigenvalue weighted by Crippen LogP contribution is -2.67. The number of piperidine rings is 1. The Bertz CT molecular complexity index is 1620. The number of aliphatic hydroxyl groups is 9. The highest BCUT2D eigenvalue weighted by Gasteiger charge is 2.68. The molecule has 0 bridgehead atoms. The molecule has 4 aliphatic carbocycles. The van der Waals surface area contributed by atoms with E-state index in [2.05, 4.69) is 39.1 Å². The zero-order valence-corrected chi connectivity index (χ0v) is 36.7. The number of hydrogen-bond donors (Lipinski definition) is 10. The maximum atomic E-state index is 11.8. The summed E-state index contributed by atoms with van der Waals surface area (Å²) in [5.41, 5.74) is 1.41. The SMILES string of the molecule is CC1CCC2(NC1)OC1CC3C4CC=C5CC(OC6OC(CO)C(O)C(OC7OC(CO)C(O)C(O)C7OC7OC(C)C(O)C(O)C7O)C6O)CCC5(C)C4CCC3(C)C1C2C. The van der Waals surface area contributed by atoms with Crippen molar-refractivity contribution in [3.8, 4) is 0 Å². The molecular weight excluding hydrogens is 810 g/mol. The van der Waals surface area contributed by atoms with Gasteiger partial charge >= 0.3 is 0 Å². The smallest absolute Gasteiger partial charge is 0.187 e. The van der Waals surface area contributed by atoms with Crippen LogP contribution in [0.3, 0.4) is 0 Å². The largest absolute Gasteiger partial charge is 0.394 e. The van der Waals surface area contributed by atoms with Gasteiger partial charge in [-0.1, -0.05) is 39.3 Å². The van der Waals surface area contributed by atoms with Crippen LogP contribution < -0.4 is 5.32 Å². The second-order valence-electron chi connectivity index (χ2n) is 21.2. The van der Waals surface area contributed by atoms with E-state index in [-0.39, 0.29) is 22.7 Å². The number of aliphatic hydroxyl groups excluding tert-OH is 9. The van der Waals surface area contributed by atoms with Crippen molar-refractivity contribution in [1.29, 1.82) is 0 Å². The molecule has 354 valence electrons. The van der Waals surface area contributed by atoms with Gasteiger partial charge in [0.05, 0.1) is 31.5 Å². The molecule has 17 heteroatoms. The van der Waals surface area contributed by atoms with Crippen molar-refractivity contribution < 1.29 is 79.1 Å². The fraction of sp³-hybridized carbons (Fsp3) is 0.956. The van der Waals surface area contributed by atoms with Crippen LogP contribution in [0.15, 0.2) is 11.6 Å². The fourth-order valence-electron chi connectivity index (χ4n) is 14.2. The summed E-state index contributed by atoms with van der Waals surface area (Å²) >= 11 is 0. The molecule has 0 aromatic rings. The summed E-state index contributed by atoms with van der Waals surface area (Å²) in [4.78, 5) is 0. The van der Waals surface area contributed by atoms with E-state index in [9.17, 15) is 46.0 Å². The van der Waals surface area contributed by atoms with Crippen LogP contribution >= 0.6 is 0 Å². The Morgan fingerprint density at radius 3 is 2.10 bits per heavy atom. The van der Waals surface area contributed by atoms with E-state index in [1.807, 2.05) is 0 Å². The van der Waals surface area contributed by atoms with Crippen molar-refractivity contribution in [2.45, 2.75) is 202 Å². The van der Waals surface area contributed by atoms with Gasteiger partial charge in [0.15, 0.2) is 18.9 Å². The average molecular weight is 884 g/mol. The Balaban J connectivity index is 0.877. The minimum Gasteiger partial charge on any atom is -0.394 e. The third kappa shape index (κ3) is 7.49. The highest BCUT2D eigenvalue weighted by molar-refractivity contribution is 5.26. The van der Waals surface area contributed by atoms with E-state index >= 15 is 0 Å². The molecule has 8 fully saturated rings. The molecule has 3 saturated carbocycles. The van der Waals surface area contributed by atoms with Gasteiger partial charge in [0.1, 0.15) is 72.9 Å². The Kier molecular flexibility index (Phi) is 12.9. The summed E-state index contributed by atoms with van der Waals surface area (Å²) < 4.78 is 42.9. The zero-order valence-electron chi connectivity index (χ0n) is 36.7. The highest BCUT2D eigenvalue weighted by Crippen LogP contribution is 2.70. The number of allylic oxidation sites excluding steroid dienone is 1. The van der Waals surface area contributed by atoms with Crippen LogP contribution in [-0.4, -0.2) is 176 Å². The lowest BCUT2D eigenvalue weighted by molar-refractivity contribution is -0.389. The van der Waals surface area contributed by atoms with E-state index in [4.69, 9.17) is 33.2 Å².